The van der Waals surface area contributed by atoms with E-state index in [2.05, 4.69) is 26.2 Å². The van der Waals surface area contributed by atoms with E-state index in [1.165, 1.54) is 28.0 Å². The quantitative estimate of drug-likeness (QED) is 0.545. The SMILES string of the molecule is Cc1ccc(Oc2ccc(NC(=O)CN(C)C(=O)c3ccc(Br)s3)cn2)cc1C. The molecular weight excluding hydrogens is 454 g/mol. The number of hydrogen-bond acceptors (Lipinski definition) is 5. The largest absolute Gasteiger partial charge is 0.439 e. The second-order valence-electron chi connectivity index (χ2n) is 6.55. The molecule has 0 saturated heterocycles. The molecule has 2 aromatic heterocycles. The number of thiophene rings is 1. The number of hydrogen-bond donors (Lipinski definition) is 1. The summed E-state index contributed by atoms with van der Waals surface area (Å²) in [6.45, 7) is 4.00. The molecule has 1 N–H and O–H groups in total. The minimum atomic E-state index is -0.305. The number of aromatic nitrogens is 1. The van der Waals surface area contributed by atoms with Crippen molar-refractivity contribution in [3.8, 4) is 11.6 Å². The highest BCUT2D eigenvalue weighted by Crippen LogP contribution is 2.24. The first-order valence-corrected chi connectivity index (χ1v) is 10.4. The molecule has 0 spiro atoms. The molecule has 0 unspecified atom stereocenters. The van der Waals surface area contributed by atoms with E-state index >= 15 is 0 Å². The number of pyridine rings is 1. The molecule has 2 amide bonds. The first-order valence-electron chi connectivity index (χ1n) is 8.83. The second-order valence-corrected chi connectivity index (χ2v) is 9.01. The van der Waals surface area contributed by atoms with Gasteiger partial charge in [-0.05, 0) is 71.2 Å². The number of nitrogens with zero attached hydrogens (tertiary/aromatic N) is 2. The van der Waals surface area contributed by atoms with E-state index in [0.29, 0.717) is 22.2 Å². The highest BCUT2D eigenvalue weighted by Gasteiger charge is 2.17. The predicted octanol–water partition coefficient (Wildman–Crippen LogP) is 5.03. The van der Waals surface area contributed by atoms with E-state index < -0.39 is 0 Å². The third-order valence-electron chi connectivity index (χ3n) is 4.23. The van der Waals surface area contributed by atoms with Crippen molar-refractivity contribution in [2.75, 3.05) is 18.9 Å². The molecule has 3 rings (SSSR count). The monoisotopic (exact) mass is 473 g/mol. The molecule has 0 aliphatic heterocycles. The number of ether oxygens (including phenoxy) is 1. The van der Waals surface area contributed by atoms with Gasteiger partial charge in [-0.15, -0.1) is 11.3 Å². The second kappa shape index (κ2) is 9.19. The Morgan fingerprint density at radius 3 is 2.55 bits per heavy atom. The van der Waals surface area contributed by atoms with E-state index in [1.807, 2.05) is 32.0 Å². The van der Waals surface area contributed by atoms with Gasteiger partial charge in [0.15, 0.2) is 0 Å². The van der Waals surface area contributed by atoms with E-state index in [0.717, 1.165) is 9.35 Å². The van der Waals surface area contributed by atoms with Crippen LogP contribution < -0.4 is 10.1 Å². The Balaban J connectivity index is 1.55. The van der Waals surface area contributed by atoms with Gasteiger partial charge in [0.25, 0.3) is 5.91 Å². The molecule has 0 bridgehead atoms. The molecular formula is C21H20BrN3O3S. The van der Waals surface area contributed by atoms with Crippen molar-refractivity contribution < 1.29 is 14.3 Å². The Labute approximate surface area is 181 Å². The van der Waals surface area contributed by atoms with Gasteiger partial charge < -0.3 is 15.0 Å². The summed E-state index contributed by atoms with van der Waals surface area (Å²) in [5, 5.41) is 2.74. The maximum atomic E-state index is 12.3. The van der Waals surface area contributed by atoms with Gasteiger partial charge >= 0.3 is 0 Å². The maximum absolute atomic E-state index is 12.3. The average molecular weight is 474 g/mol. The molecule has 0 aliphatic carbocycles. The number of nitrogens with one attached hydrogen (secondary N) is 1. The topological polar surface area (TPSA) is 71.5 Å². The van der Waals surface area contributed by atoms with E-state index in [9.17, 15) is 9.59 Å². The number of halogens is 1. The lowest BCUT2D eigenvalue weighted by atomic mass is 10.1. The lowest BCUT2D eigenvalue weighted by Crippen LogP contribution is -2.34. The molecule has 1 aromatic carbocycles. The first kappa shape index (κ1) is 21.0. The van der Waals surface area contributed by atoms with Crippen LogP contribution in [0.2, 0.25) is 0 Å². The van der Waals surface area contributed by atoms with Crippen LogP contribution >= 0.6 is 27.3 Å². The van der Waals surface area contributed by atoms with Crippen LogP contribution in [0.15, 0.2) is 52.4 Å². The van der Waals surface area contributed by atoms with Crippen LogP contribution in [0.1, 0.15) is 20.8 Å². The van der Waals surface area contributed by atoms with Crippen LogP contribution in [0.4, 0.5) is 5.69 Å². The highest BCUT2D eigenvalue weighted by molar-refractivity contribution is 9.11. The zero-order chi connectivity index (χ0) is 21.0. The van der Waals surface area contributed by atoms with Crippen molar-refractivity contribution in [2.45, 2.75) is 13.8 Å². The van der Waals surface area contributed by atoms with Crippen molar-refractivity contribution in [3.63, 3.8) is 0 Å². The Morgan fingerprint density at radius 1 is 1.14 bits per heavy atom. The summed E-state index contributed by atoms with van der Waals surface area (Å²) in [5.41, 5.74) is 2.86. The molecule has 0 aliphatic rings. The predicted molar refractivity (Wildman–Crippen MR) is 118 cm³/mol. The fourth-order valence-corrected chi connectivity index (χ4v) is 3.90. The number of rotatable bonds is 6. The van der Waals surface area contributed by atoms with Gasteiger partial charge in [-0.3, -0.25) is 9.59 Å². The molecule has 3 aromatic rings. The summed E-state index contributed by atoms with van der Waals surface area (Å²) in [6.07, 6.45) is 1.52. The Bertz CT molecular complexity index is 1030. The Hall–Kier alpha value is -2.71. The smallest absolute Gasteiger partial charge is 0.264 e. The van der Waals surface area contributed by atoms with Crippen LogP contribution in [0.25, 0.3) is 0 Å². The summed E-state index contributed by atoms with van der Waals surface area (Å²) in [7, 11) is 1.59. The standard InChI is InChI=1S/C21H20BrN3O3S/c1-13-4-6-16(10-14(13)2)28-20-9-5-15(11-23-20)24-19(26)12-25(3)21(27)17-7-8-18(22)29-17/h4-11H,12H2,1-3H3,(H,24,26). The van der Waals surface area contributed by atoms with Gasteiger partial charge in [-0.1, -0.05) is 6.07 Å². The molecule has 8 heteroatoms. The van der Waals surface area contributed by atoms with Crippen molar-refractivity contribution in [3.05, 3.63) is 68.5 Å². The fourth-order valence-electron chi connectivity index (χ4n) is 2.52. The number of aryl methyl sites for hydroxylation is 2. The Kier molecular flexibility index (Phi) is 6.66. The number of anilines is 1. The van der Waals surface area contributed by atoms with Crippen molar-refractivity contribution in [1.29, 1.82) is 0 Å². The first-order chi connectivity index (χ1) is 13.8. The van der Waals surface area contributed by atoms with E-state index in [-0.39, 0.29) is 18.4 Å². The summed E-state index contributed by atoms with van der Waals surface area (Å²) >= 11 is 4.66. The van der Waals surface area contributed by atoms with Gasteiger partial charge in [0, 0.05) is 13.1 Å². The lowest BCUT2D eigenvalue weighted by molar-refractivity contribution is -0.116. The van der Waals surface area contributed by atoms with Crippen LogP contribution in [0, 0.1) is 13.8 Å². The maximum Gasteiger partial charge on any atom is 0.264 e. The van der Waals surface area contributed by atoms with Crippen LogP contribution in [-0.4, -0.2) is 35.3 Å². The molecule has 0 radical (unpaired) electrons. The van der Waals surface area contributed by atoms with Crippen molar-refractivity contribution in [2.24, 2.45) is 0 Å². The number of amides is 2. The molecule has 6 nitrogen and oxygen atoms in total. The molecule has 29 heavy (non-hydrogen) atoms. The van der Waals surface area contributed by atoms with Crippen LogP contribution in [0.3, 0.4) is 0 Å². The number of carbonyl (C=O) groups is 2. The molecule has 2 heterocycles. The van der Waals surface area contributed by atoms with Gasteiger partial charge in [-0.25, -0.2) is 4.98 Å². The minimum absolute atomic E-state index is 0.0603. The summed E-state index contributed by atoms with van der Waals surface area (Å²) in [6, 6.07) is 12.8. The average Bonchev–Trinajstić information content (AvgIpc) is 3.12. The zero-order valence-electron chi connectivity index (χ0n) is 16.2. The summed E-state index contributed by atoms with van der Waals surface area (Å²) in [5.74, 6) is 0.631. The van der Waals surface area contributed by atoms with Crippen molar-refractivity contribution in [1.82, 2.24) is 9.88 Å². The number of carbonyl (C=O) groups excluding carboxylic acids is 2. The molecule has 0 atom stereocenters. The summed E-state index contributed by atoms with van der Waals surface area (Å²) in [4.78, 5) is 30.7. The zero-order valence-corrected chi connectivity index (χ0v) is 18.6. The van der Waals surface area contributed by atoms with Gasteiger partial charge in [0.1, 0.15) is 5.75 Å². The van der Waals surface area contributed by atoms with Crippen LogP contribution in [-0.2, 0) is 4.79 Å². The van der Waals surface area contributed by atoms with Gasteiger partial charge in [0.2, 0.25) is 11.8 Å². The highest BCUT2D eigenvalue weighted by atomic mass is 79.9. The molecule has 0 fully saturated rings. The lowest BCUT2D eigenvalue weighted by Gasteiger charge is -2.16. The minimum Gasteiger partial charge on any atom is -0.439 e. The third-order valence-corrected chi connectivity index (χ3v) is 5.84. The van der Waals surface area contributed by atoms with E-state index in [1.54, 1.807) is 31.3 Å². The van der Waals surface area contributed by atoms with E-state index in [4.69, 9.17) is 4.74 Å². The Morgan fingerprint density at radius 2 is 1.93 bits per heavy atom. The summed E-state index contributed by atoms with van der Waals surface area (Å²) < 4.78 is 6.61. The van der Waals surface area contributed by atoms with Gasteiger partial charge in [-0.2, -0.15) is 0 Å². The number of likely N-dealkylation sites (N-methyl/N-ethyl adjacent to an activating group) is 1. The third kappa shape index (κ3) is 5.65. The molecule has 0 saturated carbocycles. The normalized spacial score (nSPS) is 10.5. The molecule has 150 valence electrons. The van der Waals surface area contributed by atoms with Gasteiger partial charge in [0.05, 0.1) is 27.1 Å². The van der Waals surface area contributed by atoms with Crippen molar-refractivity contribution >= 4 is 44.8 Å². The fraction of sp³-hybridized carbons (Fsp3) is 0.190. The van der Waals surface area contributed by atoms with Crippen LogP contribution in [0.5, 0.6) is 11.6 Å². The number of benzene rings is 1.